The quantitative estimate of drug-likeness (QED) is 0.120. The van der Waals surface area contributed by atoms with Crippen LogP contribution in [0.25, 0.3) is 5.69 Å². The highest BCUT2D eigenvalue weighted by molar-refractivity contribution is 5.94. The van der Waals surface area contributed by atoms with Gasteiger partial charge in [-0.15, -0.1) is 0 Å². The van der Waals surface area contributed by atoms with Gasteiger partial charge in [0.25, 0.3) is 16.9 Å². The molecule has 0 N–H and O–H groups in total. The molecule has 4 aromatic rings. The van der Waals surface area contributed by atoms with E-state index in [9.17, 15) is 29.8 Å². The average molecular weight is 501 g/mol. The van der Waals surface area contributed by atoms with E-state index in [0.29, 0.717) is 16.9 Å². The molecule has 0 bridgehead atoms. The molecule has 0 aliphatic heterocycles. The molecule has 12 heteroatoms. The molecule has 0 saturated carbocycles. The summed E-state index contributed by atoms with van der Waals surface area (Å²) in [5.74, 6) is -0.989. The summed E-state index contributed by atoms with van der Waals surface area (Å²) >= 11 is 0. The predicted octanol–water partition coefficient (Wildman–Crippen LogP) is 4.27. The number of esters is 1. The maximum atomic E-state index is 13.1. The molecular weight excluding hydrogens is 482 g/mol. The van der Waals surface area contributed by atoms with Crippen LogP contribution in [0.3, 0.4) is 0 Å². The number of nitro groups is 2. The summed E-state index contributed by atoms with van der Waals surface area (Å²) in [6.07, 6.45) is 1.36. The highest BCUT2D eigenvalue weighted by Gasteiger charge is 2.22. The Hall–Kier alpha value is -5.39. The van der Waals surface area contributed by atoms with Gasteiger partial charge in [-0.25, -0.2) is 14.5 Å². The van der Waals surface area contributed by atoms with Gasteiger partial charge in [0.1, 0.15) is 5.75 Å². The minimum atomic E-state index is -1.03. The maximum Gasteiger partial charge on any atom is 0.344 e. The van der Waals surface area contributed by atoms with E-state index in [1.807, 2.05) is 18.2 Å². The van der Waals surface area contributed by atoms with Crippen molar-refractivity contribution < 1.29 is 19.4 Å². The van der Waals surface area contributed by atoms with Crippen LogP contribution in [-0.2, 0) is 7.05 Å². The number of aromatic nitrogens is 2. The summed E-state index contributed by atoms with van der Waals surface area (Å²) in [6.45, 7) is 1.74. The van der Waals surface area contributed by atoms with E-state index in [1.54, 1.807) is 49.0 Å². The molecule has 0 amide bonds. The van der Waals surface area contributed by atoms with Crippen LogP contribution in [0.15, 0.2) is 82.6 Å². The van der Waals surface area contributed by atoms with Crippen molar-refractivity contribution in [3.05, 3.63) is 120 Å². The van der Waals surface area contributed by atoms with Crippen LogP contribution in [0, 0.1) is 27.2 Å². The molecular formula is C25H19N5O7. The molecule has 1 heterocycles. The molecule has 12 nitrogen and oxygen atoms in total. The molecule has 0 atom stereocenters. The van der Waals surface area contributed by atoms with Crippen molar-refractivity contribution in [3.8, 4) is 11.4 Å². The van der Waals surface area contributed by atoms with Gasteiger partial charge in [0.15, 0.2) is 5.69 Å². The standard InChI is InChI=1S/C25H19N5O7/c1-16-23(24(31)28(27(16)2)19-9-4-3-5-10-19)26-15-17-8-6-7-11-22(17)37-25(32)18-12-20(29(33)34)14-21(13-18)30(35)36/h3-15H,1-2H3. The van der Waals surface area contributed by atoms with Gasteiger partial charge in [0, 0.05) is 31.0 Å². The van der Waals surface area contributed by atoms with Crippen molar-refractivity contribution in [1.29, 1.82) is 0 Å². The Morgan fingerprint density at radius 2 is 1.54 bits per heavy atom. The Balaban J connectivity index is 1.67. The van der Waals surface area contributed by atoms with Crippen LogP contribution >= 0.6 is 0 Å². The Bertz CT molecular complexity index is 1590. The number of aliphatic imine (C=N–C) groups is 1. The van der Waals surface area contributed by atoms with E-state index >= 15 is 0 Å². The van der Waals surface area contributed by atoms with E-state index in [-0.39, 0.29) is 22.6 Å². The predicted molar refractivity (Wildman–Crippen MR) is 134 cm³/mol. The number of benzene rings is 3. The lowest BCUT2D eigenvalue weighted by Crippen LogP contribution is -2.19. The maximum absolute atomic E-state index is 13.1. The summed E-state index contributed by atoms with van der Waals surface area (Å²) in [4.78, 5) is 50.8. The Morgan fingerprint density at radius 3 is 2.16 bits per heavy atom. The van der Waals surface area contributed by atoms with Gasteiger partial charge in [0.05, 0.1) is 32.9 Å². The van der Waals surface area contributed by atoms with Gasteiger partial charge < -0.3 is 4.74 Å². The smallest absolute Gasteiger partial charge is 0.344 e. The molecule has 0 aliphatic rings. The monoisotopic (exact) mass is 501 g/mol. The number of nitro benzene ring substituents is 2. The van der Waals surface area contributed by atoms with Gasteiger partial charge >= 0.3 is 5.97 Å². The van der Waals surface area contributed by atoms with Crippen LogP contribution in [0.1, 0.15) is 21.6 Å². The molecule has 0 aliphatic carbocycles. The zero-order valence-corrected chi connectivity index (χ0v) is 19.6. The molecule has 0 radical (unpaired) electrons. The van der Waals surface area contributed by atoms with Crippen molar-refractivity contribution in [2.75, 3.05) is 0 Å². The summed E-state index contributed by atoms with van der Waals surface area (Å²) in [5, 5.41) is 22.3. The first-order valence-corrected chi connectivity index (χ1v) is 10.8. The topological polar surface area (TPSA) is 152 Å². The summed E-state index contributed by atoms with van der Waals surface area (Å²) in [7, 11) is 1.73. The number of carbonyl (C=O) groups excluding carboxylic acids is 1. The number of para-hydroxylation sites is 2. The highest BCUT2D eigenvalue weighted by Crippen LogP contribution is 2.25. The zero-order chi connectivity index (χ0) is 26.7. The van der Waals surface area contributed by atoms with E-state index in [1.165, 1.54) is 17.0 Å². The van der Waals surface area contributed by atoms with Crippen LogP contribution in [0.4, 0.5) is 17.1 Å². The SMILES string of the molecule is Cc1c(N=Cc2ccccc2OC(=O)c2cc([N+](=O)[O-])cc([N+](=O)[O-])c2)c(=O)n(-c2ccccc2)n1C. The number of non-ortho nitro benzene ring substituents is 2. The molecule has 0 unspecified atom stereocenters. The second kappa shape index (κ2) is 10.1. The fraction of sp³-hybridized carbons (Fsp3) is 0.0800. The van der Waals surface area contributed by atoms with Crippen molar-refractivity contribution >= 4 is 29.2 Å². The molecule has 1 aromatic heterocycles. The minimum absolute atomic E-state index is 0.0439. The fourth-order valence-corrected chi connectivity index (χ4v) is 3.60. The van der Waals surface area contributed by atoms with Crippen LogP contribution < -0.4 is 10.3 Å². The van der Waals surface area contributed by atoms with Crippen molar-refractivity contribution in [3.63, 3.8) is 0 Å². The third-order valence-electron chi connectivity index (χ3n) is 5.54. The first-order chi connectivity index (χ1) is 17.7. The van der Waals surface area contributed by atoms with Crippen LogP contribution in [0.5, 0.6) is 5.75 Å². The lowest BCUT2D eigenvalue weighted by Gasteiger charge is -2.07. The van der Waals surface area contributed by atoms with Gasteiger partial charge in [-0.3, -0.25) is 29.7 Å². The Labute approximate surface area is 209 Å². The minimum Gasteiger partial charge on any atom is -0.422 e. The van der Waals surface area contributed by atoms with E-state index in [0.717, 1.165) is 18.2 Å². The first-order valence-electron chi connectivity index (χ1n) is 10.8. The van der Waals surface area contributed by atoms with Crippen molar-refractivity contribution in [1.82, 2.24) is 9.36 Å². The highest BCUT2D eigenvalue weighted by atomic mass is 16.6. The number of hydrogen-bond acceptors (Lipinski definition) is 8. The van der Waals surface area contributed by atoms with E-state index < -0.39 is 27.2 Å². The lowest BCUT2D eigenvalue weighted by atomic mass is 10.1. The second-order valence-corrected chi connectivity index (χ2v) is 7.85. The summed E-state index contributed by atoms with van der Waals surface area (Å²) in [5.41, 5.74) is -0.163. The van der Waals surface area contributed by atoms with E-state index in [4.69, 9.17) is 4.74 Å². The Morgan fingerprint density at radius 1 is 0.946 bits per heavy atom. The number of hydrogen-bond donors (Lipinski definition) is 0. The Kier molecular flexibility index (Phi) is 6.73. The molecule has 37 heavy (non-hydrogen) atoms. The second-order valence-electron chi connectivity index (χ2n) is 7.85. The number of carbonyl (C=O) groups is 1. The van der Waals surface area contributed by atoms with Crippen molar-refractivity contribution in [2.24, 2.45) is 12.0 Å². The third kappa shape index (κ3) is 5.03. The van der Waals surface area contributed by atoms with Gasteiger partial charge in [-0.1, -0.05) is 30.3 Å². The van der Waals surface area contributed by atoms with Crippen LogP contribution in [0.2, 0.25) is 0 Å². The van der Waals surface area contributed by atoms with Gasteiger partial charge in [0.2, 0.25) is 0 Å². The first kappa shape index (κ1) is 24.7. The zero-order valence-electron chi connectivity index (χ0n) is 19.6. The summed E-state index contributed by atoms with van der Waals surface area (Å²) < 4.78 is 8.53. The number of nitrogens with zero attached hydrogens (tertiary/aromatic N) is 5. The molecule has 186 valence electrons. The largest absolute Gasteiger partial charge is 0.422 e. The summed E-state index contributed by atoms with van der Waals surface area (Å²) in [6, 6.07) is 17.9. The molecule has 3 aromatic carbocycles. The lowest BCUT2D eigenvalue weighted by molar-refractivity contribution is -0.394. The molecule has 4 rings (SSSR count). The third-order valence-corrected chi connectivity index (χ3v) is 5.54. The molecule has 0 spiro atoms. The average Bonchev–Trinajstić information content (AvgIpc) is 3.10. The normalized spacial score (nSPS) is 11.0. The molecule has 0 fully saturated rings. The van der Waals surface area contributed by atoms with Crippen molar-refractivity contribution in [2.45, 2.75) is 6.92 Å². The van der Waals surface area contributed by atoms with Gasteiger partial charge in [-0.2, -0.15) is 0 Å². The fourth-order valence-electron chi connectivity index (χ4n) is 3.60. The van der Waals surface area contributed by atoms with E-state index in [2.05, 4.69) is 4.99 Å². The van der Waals surface area contributed by atoms with Crippen LogP contribution in [-0.4, -0.2) is 31.4 Å². The molecule has 0 saturated heterocycles. The number of rotatable bonds is 7. The number of ether oxygens (including phenoxy) is 1. The van der Waals surface area contributed by atoms with Gasteiger partial charge in [-0.05, 0) is 31.2 Å².